The van der Waals surface area contributed by atoms with Crippen molar-refractivity contribution in [2.75, 3.05) is 0 Å². The predicted molar refractivity (Wildman–Crippen MR) is 66.9 cm³/mol. The Balaban J connectivity index is 2.13. The zero-order chi connectivity index (χ0) is 11.6. The summed E-state index contributed by atoms with van der Waals surface area (Å²) < 4.78 is 0. The topological polar surface area (TPSA) is 29.1 Å². The van der Waals surface area contributed by atoms with E-state index in [2.05, 4.69) is 17.2 Å². The molecule has 1 aliphatic carbocycles. The molecule has 0 aromatic heterocycles. The van der Waals surface area contributed by atoms with Crippen molar-refractivity contribution < 1.29 is 4.79 Å². The van der Waals surface area contributed by atoms with Crippen molar-refractivity contribution in [2.45, 2.75) is 70.8 Å². The highest BCUT2D eigenvalue weighted by Crippen LogP contribution is 2.17. The lowest BCUT2D eigenvalue weighted by atomic mass is 10.1. The van der Waals surface area contributed by atoms with Gasteiger partial charge in [0.25, 0.3) is 0 Å². The van der Waals surface area contributed by atoms with Crippen molar-refractivity contribution in [2.24, 2.45) is 0 Å². The van der Waals surface area contributed by atoms with Crippen LogP contribution in [-0.4, -0.2) is 11.9 Å². The van der Waals surface area contributed by atoms with E-state index in [0.717, 1.165) is 12.8 Å². The Morgan fingerprint density at radius 2 is 1.94 bits per heavy atom. The Bertz CT molecular complexity index is 254. The van der Waals surface area contributed by atoms with Gasteiger partial charge in [0, 0.05) is 18.9 Å². The number of carbonyl (C=O) groups is 1. The van der Waals surface area contributed by atoms with Crippen molar-refractivity contribution in [3.8, 4) is 11.8 Å². The Kier molecular flexibility index (Phi) is 6.72. The first-order valence-electron chi connectivity index (χ1n) is 6.52. The summed E-state index contributed by atoms with van der Waals surface area (Å²) in [6, 6.07) is 0.437. The molecule has 0 atom stereocenters. The van der Waals surface area contributed by atoms with E-state index in [9.17, 15) is 4.79 Å². The Morgan fingerprint density at radius 1 is 1.25 bits per heavy atom. The van der Waals surface area contributed by atoms with E-state index >= 15 is 0 Å². The molecule has 0 saturated heterocycles. The maximum Gasteiger partial charge on any atom is 0.220 e. The molecule has 0 radical (unpaired) electrons. The number of hydrogen-bond acceptors (Lipinski definition) is 1. The zero-order valence-corrected chi connectivity index (χ0v) is 10.3. The molecule has 90 valence electrons. The average Bonchev–Trinajstić information content (AvgIpc) is 2.53. The quantitative estimate of drug-likeness (QED) is 0.441. The van der Waals surface area contributed by atoms with Gasteiger partial charge in [0.1, 0.15) is 0 Å². The second-order valence-corrected chi connectivity index (χ2v) is 4.54. The highest BCUT2D eigenvalue weighted by molar-refractivity contribution is 5.76. The molecule has 1 amide bonds. The molecular formula is C14H23NO. The summed E-state index contributed by atoms with van der Waals surface area (Å²) in [6.07, 6.45) is 9.90. The van der Waals surface area contributed by atoms with E-state index in [1.165, 1.54) is 38.5 Å². The van der Waals surface area contributed by atoms with Crippen LogP contribution in [0.15, 0.2) is 0 Å². The van der Waals surface area contributed by atoms with Crippen LogP contribution >= 0.6 is 0 Å². The molecule has 0 aliphatic heterocycles. The number of carbonyl (C=O) groups excluding carboxylic acids is 1. The van der Waals surface area contributed by atoms with Crippen LogP contribution < -0.4 is 5.32 Å². The van der Waals surface area contributed by atoms with Crippen molar-refractivity contribution in [1.29, 1.82) is 0 Å². The standard InChI is InChI=1S/C14H23NO/c1-2-3-4-9-12-14(16)15-13-10-7-5-6-8-11-13/h13H,4-12H2,1H3,(H,15,16). The molecule has 1 rings (SSSR count). The molecule has 0 bridgehead atoms. The molecule has 0 unspecified atom stereocenters. The molecule has 2 nitrogen and oxygen atoms in total. The second-order valence-electron chi connectivity index (χ2n) is 4.54. The third kappa shape index (κ3) is 5.80. The Morgan fingerprint density at radius 3 is 2.56 bits per heavy atom. The normalized spacial score (nSPS) is 17.1. The zero-order valence-electron chi connectivity index (χ0n) is 10.3. The minimum atomic E-state index is 0.213. The predicted octanol–water partition coefficient (Wildman–Crippen LogP) is 3.02. The molecule has 0 aromatic carbocycles. The third-order valence-corrected chi connectivity index (χ3v) is 3.10. The number of unbranched alkanes of at least 4 members (excludes halogenated alkanes) is 1. The molecule has 1 aliphatic rings. The fourth-order valence-corrected chi connectivity index (χ4v) is 2.19. The molecule has 1 saturated carbocycles. The van der Waals surface area contributed by atoms with E-state index in [1.54, 1.807) is 0 Å². The lowest BCUT2D eigenvalue weighted by Gasteiger charge is -2.15. The van der Waals surface area contributed by atoms with Crippen LogP contribution in [0.4, 0.5) is 0 Å². The summed E-state index contributed by atoms with van der Waals surface area (Å²) in [7, 11) is 0. The van der Waals surface area contributed by atoms with Crippen molar-refractivity contribution >= 4 is 5.91 Å². The van der Waals surface area contributed by atoms with Crippen molar-refractivity contribution in [1.82, 2.24) is 5.32 Å². The SMILES string of the molecule is CC#CCCCC(=O)NC1CCCCCC1. The number of amides is 1. The van der Waals surface area contributed by atoms with Crippen LogP contribution in [0.3, 0.4) is 0 Å². The van der Waals surface area contributed by atoms with E-state index in [4.69, 9.17) is 0 Å². The summed E-state index contributed by atoms with van der Waals surface area (Å²) >= 11 is 0. The highest BCUT2D eigenvalue weighted by atomic mass is 16.1. The Hall–Kier alpha value is -0.970. The van der Waals surface area contributed by atoms with Crippen molar-refractivity contribution in [3.05, 3.63) is 0 Å². The molecule has 2 heteroatoms. The van der Waals surface area contributed by atoms with Gasteiger partial charge in [-0.3, -0.25) is 4.79 Å². The van der Waals surface area contributed by atoms with Gasteiger partial charge < -0.3 is 5.32 Å². The van der Waals surface area contributed by atoms with Gasteiger partial charge >= 0.3 is 0 Å². The molecule has 16 heavy (non-hydrogen) atoms. The van der Waals surface area contributed by atoms with Gasteiger partial charge in [0.2, 0.25) is 5.91 Å². The van der Waals surface area contributed by atoms with Gasteiger partial charge in [0.15, 0.2) is 0 Å². The summed E-state index contributed by atoms with van der Waals surface area (Å²) in [5.41, 5.74) is 0. The van der Waals surface area contributed by atoms with Gasteiger partial charge in [-0.1, -0.05) is 25.7 Å². The molecule has 1 N–H and O–H groups in total. The second kappa shape index (κ2) is 8.21. The fourth-order valence-electron chi connectivity index (χ4n) is 2.19. The molecular weight excluding hydrogens is 198 g/mol. The number of nitrogens with one attached hydrogen (secondary N) is 1. The molecule has 0 aromatic rings. The molecule has 0 spiro atoms. The molecule has 0 heterocycles. The smallest absolute Gasteiger partial charge is 0.220 e. The lowest BCUT2D eigenvalue weighted by molar-refractivity contribution is -0.121. The highest BCUT2D eigenvalue weighted by Gasteiger charge is 2.13. The first-order valence-corrected chi connectivity index (χ1v) is 6.52. The van der Waals surface area contributed by atoms with Crippen LogP contribution in [0.2, 0.25) is 0 Å². The van der Waals surface area contributed by atoms with E-state index in [-0.39, 0.29) is 5.91 Å². The van der Waals surface area contributed by atoms with Gasteiger partial charge in [-0.25, -0.2) is 0 Å². The number of hydrogen-bond donors (Lipinski definition) is 1. The van der Waals surface area contributed by atoms with Crippen LogP contribution in [0.5, 0.6) is 0 Å². The van der Waals surface area contributed by atoms with E-state index in [0.29, 0.717) is 12.5 Å². The summed E-state index contributed by atoms with van der Waals surface area (Å²) in [5.74, 6) is 6.05. The largest absolute Gasteiger partial charge is 0.353 e. The summed E-state index contributed by atoms with van der Waals surface area (Å²) in [4.78, 5) is 11.6. The third-order valence-electron chi connectivity index (χ3n) is 3.10. The van der Waals surface area contributed by atoms with Gasteiger partial charge in [0.05, 0.1) is 0 Å². The average molecular weight is 221 g/mol. The number of rotatable bonds is 4. The van der Waals surface area contributed by atoms with Gasteiger partial charge in [-0.05, 0) is 26.2 Å². The minimum Gasteiger partial charge on any atom is -0.353 e. The maximum atomic E-state index is 11.6. The summed E-state index contributed by atoms with van der Waals surface area (Å²) in [5, 5.41) is 3.15. The lowest BCUT2D eigenvalue weighted by Crippen LogP contribution is -2.34. The minimum absolute atomic E-state index is 0.213. The van der Waals surface area contributed by atoms with Crippen molar-refractivity contribution in [3.63, 3.8) is 0 Å². The first-order chi connectivity index (χ1) is 7.83. The van der Waals surface area contributed by atoms with Crippen LogP contribution in [0.1, 0.15) is 64.7 Å². The van der Waals surface area contributed by atoms with Crippen LogP contribution in [-0.2, 0) is 4.79 Å². The van der Waals surface area contributed by atoms with Gasteiger partial charge in [-0.15, -0.1) is 11.8 Å². The van der Waals surface area contributed by atoms with Gasteiger partial charge in [-0.2, -0.15) is 0 Å². The fraction of sp³-hybridized carbons (Fsp3) is 0.786. The monoisotopic (exact) mass is 221 g/mol. The van der Waals surface area contributed by atoms with Crippen LogP contribution in [0.25, 0.3) is 0 Å². The van der Waals surface area contributed by atoms with E-state index in [1.807, 2.05) is 6.92 Å². The van der Waals surface area contributed by atoms with Crippen LogP contribution in [0, 0.1) is 11.8 Å². The Labute approximate surface area is 99.2 Å². The van der Waals surface area contributed by atoms with E-state index < -0.39 is 0 Å². The first kappa shape index (κ1) is 13.1. The summed E-state index contributed by atoms with van der Waals surface area (Å²) in [6.45, 7) is 1.84. The molecule has 1 fully saturated rings. The maximum absolute atomic E-state index is 11.6.